The van der Waals surface area contributed by atoms with Gasteiger partial charge in [-0.05, 0) is 49.3 Å². The molecule has 0 bridgehead atoms. The van der Waals surface area contributed by atoms with Crippen molar-refractivity contribution in [1.82, 2.24) is 0 Å². The fraction of sp³-hybridized carbons (Fsp3) is 0.500. The number of nitrogens with one attached hydrogen (secondary N) is 1. The molecule has 0 saturated carbocycles. The average Bonchev–Trinajstić information content (AvgIpc) is 2.64. The standard InChI is InChI=1S/C12H17NS/c1-9-3-4-11(7-10(9)2)13-12-5-6-14-8-12/h3-4,7,12-13H,5-6,8H2,1-2H3/t12-/m0/s1. The van der Waals surface area contributed by atoms with Crippen LogP contribution in [0.2, 0.25) is 0 Å². The van der Waals surface area contributed by atoms with Crippen molar-refractivity contribution in [1.29, 1.82) is 0 Å². The van der Waals surface area contributed by atoms with Crippen LogP contribution in [0.25, 0.3) is 0 Å². The van der Waals surface area contributed by atoms with E-state index in [0.29, 0.717) is 6.04 Å². The Bertz CT molecular complexity index is 316. The van der Waals surface area contributed by atoms with Crippen LogP contribution in [0, 0.1) is 13.8 Å². The summed E-state index contributed by atoms with van der Waals surface area (Å²) in [4.78, 5) is 0. The molecule has 1 aromatic carbocycles. The molecule has 1 aliphatic rings. The summed E-state index contributed by atoms with van der Waals surface area (Å²) in [5, 5.41) is 3.59. The van der Waals surface area contributed by atoms with Crippen LogP contribution in [-0.4, -0.2) is 17.5 Å². The van der Waals surface area contributed by atoms with Gasteiger partial charge in [0.15, 0.2) is 0 Å². The second-order valence-corrected chi connectivity index (χ2v) is 5.15. The molecule has 0 aromatic heterocycles. The van der Waals surface area contributed by atoms with Crippen LogP contribution in [0.4, 0.5) is 5.69 Å². The highest BCUT2D eigenvalue weighted by Crippen LogP contribution is 2.22. The summed E-state index contributed by atoms with van der Waals surface area (Å²) in [5.74, 6) is 2.56. The van der Waals surface area contributed by atoms with Gasteiger partial charge in [-0.1, -0.05) is 6.07 Å². The third-order valence-electron chi connectivity index (χ3n) is 2.81. The maximum atomic E-state index is 3.59. The zero-order valence-electron chi connectivity index (χ0n) is 8.84. The molecule has 1 nitrogen and oxygen atoms in total. The summed E-state index contributed by atoms with van der Waals surface area (Å²) in [7, 11) is 0. The highest BCUT2D eigenvalue weighted by atomic mass is 32.2. The van der Waals surface area contributed by atoms with E-state index in [1.54, 1.807) is 0 Å². The molecule has 0 unspecified atom stereocenters. The van der Waals surface area contributed by atoms with Gasteiger partial charge in [0.1, 0.15) is 0 Å². The first-order valence-corrected chi connectivity index (χ1v) is 6.33. The zero-order valence-corrected chi connectivity index (χ0v) is 9.66. The van der Waals surface area contributed by atoms with E-state index in [2.05, 4.69) is 37.4 Å². The third kappa shape index (κ3) is 2.24. The van der Waals surface area contributed by atoms with Crippen molar-refractivity contribution in [3.05, 3.63) is 29.3 Å². The predicted molar refractivity (Wildman–Crippen MR) is 65.3 cm³/mol. The Kier molecular flexibility index (Phi) is 3.02. The van der Waals surface area contributed by atoms with Crippen molar-refractivity contribution < 1.29 is 0 Å². The van der Waals surface area contributed by atoms with Crippen LogP contribution < -0.4 is 5.32 Å². The summed E-state index contributed by atoms with van der Waals surface area (Å²) in [6, 6.07) is 7.31. The van der Waals surface area contributed by atoms with Gasteiger partial charge in [0.05, 0.1) is 0 Å². The van der Waals surface area contributed by atoms with Crippen LogP contribution in [0.5, 0.6) is 0 Å². The van der Waals surface area contributed by atoms with Crippen molar-refractivity contribution in [3.8, 4) is 0 Å². The molecule has 76 valence electrons. The van der Waals surface area contributed by atoms with E-state index < -0.39 is 0 Å². The van der Waals surface area contributed by atoms with Gasteiger partial charge in [-0.15, -0.1) is 0 Å². The molecule has 1 aromatic rings. The first-order valence-electron chi connectivity index (χ1n) is 5.17. The minimum atomic E-state index is 0.683. The molecule has 0 amide bonds. The van der Waals surface area contributed by atoms with Crippen LogP contribution >= 0.6 is 11.8 Å². The van der Waals surface area contributed by atoms with Crippen molar-refractivity contribution in [2.75, 3.05) is 16.8 Å². The summed E-state index contributed by atoms with van der Waals surface area (Å²) in [5.41, 5.74) is 4.03. The Labute approximate surface area is 90.3 Å². The van der Waals surface area contributed by atoms with Crippen molar-refractivity contribution in [3.63, 3.8) is 0 Å². The van der Waals surface area contributed by atoms with Gasteiger partial charge in [0.25, 0.3) is 0 Å². The Morgan fingerprint density at radius 2 is 2.14 bits per heavy atom. The highest BCUT2D eigenvalue weighted by molar-refractivity contribution is 7.99. The van der Waals surface area contributed by atoms with E-state index in [1.165, 1.54) is 34.7 Å². The molecule has 0 aliphatic carbocycles. The maximum Gasteiger partial charge on any atom is 0.0359 e. The molecule has 1 saturated heterocycles. The fourth-order valence-electron chi connectivity index (χ4n) is 1.72. The molecular weight excluding hydrogens is 190 g/mol. The number of aryl methyl sites for hydroxylation is 2. The lowest BCUT2D eigenvalue weighted by Gasteiger charge is -2.13. The first-order chi connectivity index (χ1) is 6.75. The van der Waals surface area contributed by atoms with Gasteiger partial charge in [-0.25, -0.2) is 0 Å². The van der Waals surface area contributed by atoms with E-state index >= 15 is 0 Å². The van der Waals surface area contributed by atoms with E-state index in [-0.39, 0.29) is 0 Å². The molecule has 1 atom stereocenters. The zero-order chi connectivity index (χ0) is 9.97. The molecule has 2 heteroatoms. The number of hydrogen-bond donors (Lipinski definition) is 1. The lowest BCUT2D eigenvalue weighted by atomic mass is 10.1. The van der Waals surface area contributed by atoms with Crippen LogP contribution in [0.1, 0.15) is 17.5 Å². The van der Waals surface area contributed by atoms with Gasteiger partial charge >= 0.3 is 0 Å². The second kappa shape index (κ2) is 4.26. The largest absolute Gasteiger partial charge is 0.381 e. The van der Waals surface area contributed by atoms with Crippen LogP contribution in [0.3, 0.4) is 0 Å². The fourth-order valence-corrected chi connectivity index (χ4v) is 2.87. The summed E-state index contributed by atoms with van der Waals surface area (Å²) in [6.07, 6.45) is 1.30. The molecule has 1 N–H and O–H groups in total. The first kappa shape index (κ1) is 9.91. The number of benzene rings is 1. The number of thioether (sulfide) groups is 1. The lowest BCUT2D eigenvalue weighted by molar-refractivity contribution is 0.813. The van der Waals surface area contributed by atoms with E-state index in [9.17, 15) is 0 Å². The van der Waals surface area contributed by atoms with Gasteiger partial charge in [0, 0.05) is 17.5 Å². The molecule has 14 heavy (non-hydrogen) atoms. The summed E-state index contributed by atoms with van der Waals surface area (Å²) < 4.78 is 0. The van der Waals surface area contributed by atoms with Gasteiger partial charge < -0.3 is 5.32 Å². The molecule has 1 fully saturated rings. The van der Waals surface area contributed by atoms with Crippen molar-refractivity contribution in [2.24, 2.45) is 0 Å². The Morgan fingerprint density at radius 3 is 2.79 bits per heavy atom. The molecule has 1 aliphatic heterocycles. The smallest absolute Gasteiger partial charge is 0.0359 e. The summed E-state index contributed by atoms with van der Waals surface area (Å²) in [6.45, 7) is 4.33. The Balaban J connectivity index is 2.05. The minimum Gasteiger partial charge on any atom is -0.381 e. The van der Waals surface area contributed by atoms with Crippen LogP contribution in [0.15, 0.2) is 18.2 Å². The van der Waals surface area contributed by atoms with Crippen molar-refractivity contribution >= 4 is 17.4 Å². The lowest BCUT2D eigenvalue weighted by Crippen LogP contribution is -2.17. The SMILES string of the molecule is Cc1ccc(N[C@H]2CCSC2)cc1C. The van der Waals surface area contributed by atoms with Gasteiger partial charge in [0.2, 0.25) is 0 Å². The second-order valence-electron chi connectivity index (χ2n) is 4.00. The third-order valence-corrected chi connectivity index (χ3v) is 3.97. The number of hydrogen-bond acceptors (Lipinski definition) is 2. The number of rotatable bonds is 2. The molecular formula is C12H17NS. The number of anilines is 1. The van der Waals surface area contributed by atoms with E-state index in [1.807, 2.05) is 11.8 Å². The molecule has 2 rings (SSSR count). The minimum absolute atomic E-state index is 0.683. The van der Waals surface area contributed by atoms with E-state index in [0.717, 1.165) is 0 Å². The molecule has 1 heterocycles. The normalized spacial score (nSPS) is 21.1. The monoisotopic (exact) mass is 207 g/mol. The van der Waals surface area contributed by atoms with Gasteiger partial charge in [-0.2, -0.15) is 11.8 Å². The predicted octanol–water partition coefficient (Wildman–Crippen LogP) is 3.22. The topological polar surface area (TPSA) is 12.0 Å². The summed E-state index contributed by atoms with van der Waals surface area (Å²) >= 11 is 2.05. The average molecular weight is 207 g/mol. The quantitative estimate of drug-likeness (QED) is 0.799. The Hall–Kier alpha value is -0.630. The maximum absolute atomic E-state index is 3.59. The highest BCUT2D eigenvalue weighted by Gasteiger charge is 2.14. The molecule has 0 radical (unpaired) electrons. The van der Waals surface area contributed by atoms with Crippen LogP contribution in [-0.2, 0) is 0 Å². The van der Waals surface area contributed by atoms with Gasteiger partial charge in [-0.3, -0.25) is 0 Å². The van der Waals surface area contributed by atoms with E-state index in [4.69, 9.17) is 0 Å². The Morgan fingerprint density at radius 1 is 1.29 bits per heavy atom. The van der Waals surface area contributed by atoms with Crippen molar-refractivity contribution in [2.45, 2.75) is 26.3 Å². The molecule has 0 spiro atoms.